The van der Waals surface area contributed by atoms with Crippen LogP contribution in [-0.4, -0.2) is 27.1 Å². The highest BCUT2D eigenvalue weighted by molar-refractivity contribution is 7.99. The van der Waals surface area contributed by atoms with Crippen molar-refractivity contribution >= 4 is 11.8 Å². The normalized spacial score (nSPS) is 21.2. The molecule has 0 bridgehead atoms. The van der Waals surface area contributed by atoms with E-state index < -0.39 is 0 Å². The fourth-order valence-electron chi connectivity index (χ4n) is 2.09. The summed E-state index contributed by atoms with van der Waals surface area (Å²) >= 11 is 2.06. The summed E-state index contributed by atoms with van der Waals surface area (Å²) in [6.07, 6.45) is 7.83. The van der Waals surface area contributed by atoms with Gasteiger partial charge in [-0.1, -0.05) is 6.92 Å². The number of hydrogen-bond acceptors (Lipinski definition) is 3. The summed E-state index contributed by atoms with van der Waals surface area (Å²) in [5, 5.41) is 3.62. The maximum absolute atomic E-state index is 4.41. The molecule has 1 aromatic heterocycles. The minimum absolute atomic E-state index is 0.686. The molecule has 0 amide bonds. The average Bonchev–Trinajstić information content (AvgIpc) is 2.76. The Labute approximate surface area is 102 Å². The monoisotopic (exact) mass is 239 g/mol. The minimum atomic E-state index is 0.686. The van der Waals surface area contributed by atoms with Crippen molar-refractivity contribution in [3.8, 4) is 0 Å². The van der Waals surface area contributed by atoms with Gasteiger partial charge in [0.05, 0.1) is 6.54 Å². The van der Waals surface area contributed by atoms with Crippen molar-refractivity contribution in [3.05, 3.63) is 18.2 Å². The van der Waals surface area contributed by atoms with Gasteiger partial charge in [0.15, 0.2) is 0 Å². The third-order valence-electron chi connectivity index (χ3n) is 2.98. The van der Waals surface area contributed by atoms with Crippen molar-refractivity contribution < 1.29 is 0 Å². The predicted octanol–water partition coefficient (Wildman–Crippen LogP) is 2.28. The molecule has 1 aliphatic heterocycles. The Kier molecular flexibility index (Phi) is 4.72. The zero-order valence-corrected chi connectivity index (χ0v) is 10.8. The van der Waals surface area contributed by atoms with Gasteiger partial charge < -0.3 is 9.88 Å². The van der Waals surface area contributed by atoms with E-state index in [0.29, 0.717) is 6.04 Å². The summed E-state index contributed by atoms with van der Waals surface area (Å²) < 4.78 is 2.25. The summed E-state index contributed by atoms with van der Waals surface area (Å²) in [4.78, 5) is 4.41. The number of nitrogens with one attached hydrogen (secondary N) is 1. The Morgan fingerprint density at radius 3 is 3.31 bits per heavy atom. The number of aryl methyl sites for hydroxylation is 1. The van der Waals surface area contributed by atoms with Crippen molar-refractivity contribution in [3.63, 3.8) is 0 Å². The number of rotatable bonds is 5. The number of aromatic nitrogens is 2. The Morgan fingerprint density at radius 2 is 2.56 bits per heavy atom. The van der Waals surface area contributed by atoms with Crippen LogP contribution in [0.15, 0.2) is 12.4 Å². The van der Waals surface area contributed by atoms with E-state index in [1.54, 1.807) is 0 Å². The third kappa shape index (κ3) is 3.25. The van der Waals surface area contributed by atoms with Crippen LogP contribution >= 0.6 is 11.8 Å². The van der Waals surface area contributed by atoms with Crippen molar-refractivity contribution in [2.24, 2.45) is 0 Å². The average molecular weight is 239 g/mol. The van der Waals surface area contributed by atoms with Crippen LogP contribution in [-0.2, 0) is 13.1 Å². The summed E-state index contributed by atoms with van der Waals surface area (Å²) in [5.41, 5.74) is 0. The van der Waals surface area contributed by atoms with E-state index in [4.69, 9.17) is 0 Å². The third-order valence-corrected chi connectivity index (χ3v) is 4.19. The maximum atomic E-state index is 4.41. The molecule has 1 N–H and O–H groups in total. The van der Waals surface area contributed by atoms with E-state index >= 15 is 0 Å². The summed E-state index contributed by atoms with van der Waals surface area (Å²) in [7, 11) is 0. The van der Waals surface area contributed by atoms with Crippen molar-refractivity contribution in [1.29, 1.82) is 0 Å². The molecule has 16 heavy (non-hydrogen) atoms. The van der Waals surface area contributed by atoms with Crippen molar-refractivity contribution in [2.75, 3.05) is 11.5 Å². The van der Waals surface area contributed by atoms with E-state index in [0.717, 1.165) is 13.1 Å². The van der Waals surface area contributed by atoms with Gasteiger partial charge in [-0.25, -0.2) is 4.98 Å². The smallest absolute Gasteiger partial charge is 0.122 e. The van der Waals surface area contributed by atoms with Gasteiger partial charge >= 0.3 is 0 Å². The molecule has 2 rings (SSSR count). The van der Waals surface area contributed by atoms with Gasteiger partial charge in [-0.3, -0.25) is 0 Å². The van der Waals surface area contributed by atoms with E-state index in [-0.39, 0.29) is 0 Å². The zero-order chi connectivity index (χ0) is 11.2. The molecule has 4 heteroatoms. The fraction of sp³-hybridized carbons (Fsp3) is 0.750. The molecular weight excluding hydrogens is 218 g/mol. The van der Waals surface area contributed by atoms with Crippen molar-refractivity contribution in [2.45, 2.75) is 45.3 Å². The number of thioether (sulfide) groups is 1. The topological polar surface area (TPSA) is 29.9 Å². The maximum Gasteiger partial charge on any atom is 0.122 e. The van der Waals surface area contributed by atoms with Crippen LogP contribution in [0.1, 0.15) is 32.0 Å². The first-order chi connectivity index (χ1) is 7.90. The lowest BCUT2D eigenvalue weighted by atomic mass is 10.2. The molecule has 1 aliphatic rings. The SMILES string of the molecule is CCCn1ccnc1CNC1CCCSC1. The number of nitrogens with zero attached hydrogens (tertiary/aromatic N) is 2. The molecule has 0 aromatic carbocycles. The molecule has 0 radical (unpaired) electrons. The van der Waals surface area contributed by atoms with Gasteiger partial charge in [-0.2, -0.15) is 11.8 Å². The van der Waals surface area contributed by atoms with Crippen LogP contribution in [0.5, 0.6) is 0 Å². The van der Waals surface area contributed by atoms with Crippen LogP contribution in [0.3, 0.4) is 0 Å². The van der Waals surface area contributed by atoms with Crippen LogP contribution < -0.4 is 5.32 Å². The van der Waals surface area contributed by atoms with E-state index in [1.807, 2.05) is 6.20 Å². The van der Waals surface area contributed by atoms with E-state index in [1.165, 1.54) is 36.6 Å². The molecule has 1 aromatic rings. The van der Waals surface area contributed by atoms with E-state index in [9.17, 15) is 0 Å². The quantitative estimate of drug-likeness (QED) is 0.855. The molecule has 1 saturated heterocycles. The highest BCUT2D eigenvalue weighted by atomic mass is 32.2. The number of hydrogen-bond donors (Lipinski definition) is 1. The van der Waals surface area contributed by atoms with Gasteiger partial charge in [0.1, 0.15) is 5.82 Å². The molecular formula is C12H21N3S. The first-order valence-corrected chi connectivity index (χ1v) is 7.36. The van der Waals surface area contributed by atoms with Crippen molar-refractivity contribution in [1.82, 2.24) is 14.9 Å². The van der Waals surface area contributed by atoms with Crippen LogP contribution in [0.25, 0.3) is 0 Å². The lowest BCUT2D eigenvalue weighted by Crippen LogP contribution is -2.34. The molecule has 1 atom stereocenters. The van der Waals surface area contributed by atoms with E-state index in [2.05, 4.69) is 39.8 Å². The van der Waals surface area contributed by atoms with Gasteiger partial charge in [0.25, 0.3) is 0 Å². The van der Waals surface area contributed by atoms with Gasteiger partial charge in [-0.15, -0.1) is 0 Å². The summed E-state index contributed by atoms with van der Waals surface area (Å²) in [6.45, 7) is 4.20. The molecule has 0 spiro atoms. The molecule has 1 fully saturated rings. The first kappa shape index (κ1) is 12.0. The molecule has 0 saturated carbocycles. The standard InChI is InChI=1S/C12H21N3S/c1-2-6-15-7-5-13-12(15)9-14-11-4-3-8-16-10-11/h5,7,11,14H,2-4,6,8-10H2,1H3. The second kappa shape index (κ2) is 6.30. The largest absolute Gasteiger partial charge is 0.334 e. The fourth-order valence-corrected chi connectivity index (χ4v) is 3.20. The second-order valence-corrected chi connectivity index (χ2v) is 5.48. The lowest BCUT2D eigenvalue weighted by molar-refractivity contribution is 0.486. The van der Waals surface area contributed by atoms with Gasteiger partial charge in [0.2, 0.25) is 0 Å². The Bertz CT molecular complexity index is 305. The second-order valence-electron chi connectivity index (χ2n) is 4.33. The predicted molar refractivity (Wildman–Crippen MR) is 69.7 cm³/mol. The van der Waals surface area contributed by atoms with Crippen LogP contribution in [0, 0.1) is 0 Å². The summed E-state index contributed by atoms with van der Waals surface area (Å²) in [5.74, 6) is 3.77. The first-order valence-electron chi connectivity index (χ1n) is 6.21. The Hall–Kier alpha value is -0.480. The van der Waals surface area contributed by atoms with Gasteiger partial charge in [0, 0.05) is 30.7 Å². The van der Waals surface area contributed by atoms with Crippen LogP contribution in [0.4, 0.5) is 0 Å². The zero-order valence-electron chi connectivity index (χ0n) is 9.98. The molecule has 2 heterocycles. The summed E-state index contributed by atoms with van der Waals surface area (Å²) in [6, 6.07) is 0.686. The highest BCUT2D eigenvalue weighted by Gasteiger charge is 2.13. The van der Waals surface area contributed by atoms with Crippen LogP contribution in [0.2, 0.25) is 0 Å². The minimum Gasteiger partial charge on any atom is -0.334 e. The molecule has 0 aliphatic carbocycles. The highest BCUT2D eigenvalue weighted by Crippen LogP contribution is 2.17. The molecule has 3 nitrogen and oxygen atoms in total. The Morgan fingerprint density at radius 1 is 1.62 bits per heavy atom. The lowest BCUT2D eigenvalue weighted by Gasteiger charge is -2.22. The Balaban J connectivity index is 1.81. The van der Waals surface area contributed by atoms with Gasteiger partial charge in [-0.05, 0) is 25.0 Å². The molecule has 90 valence electrons. The number of imidazole rings is 1. The molecule has 1 unspecified atom stereocenters.